The van der Waals surface area contributed by atoms with Crippen LogP contribution in [-0.4, -0.2) is 23.4 Å². The summed E-state index contributed by atoms with van der Waals surface area (Å²) < 4.78 is 27.3. The van der Waals surface area contributed by atoms with E-state index in [1.54, 1.807) is 30.8 Å². The molecule has 0 N–H and O–H groups in total. The van der Waals surface area contributed by atoms with Crippen molar-refractivity contribution in [2.75, 3.05) is 7.05 Å². The Hall–Kier alpha value is -2.48. The van der Waals surface area contributed by atoms with Crippen molar-refractivity contribution in [3.63, 3.8) is 0 Å². The third-order valence-corrected chi connectivity index (χ3v) is 7.41. The predicted molar refractivity (Wildman–Crippen MR) is 119 cm³/mol. The van der Waals surface area contributed by atoms with Gasteiger partial charge in [0.2, 0.25) is 0 Å². The van der Waals surface area contributed by atoms with Crippen LogP contribution in [0.15, 0.2) is 78.9 Å². The summed E-state index contributed by atoms with van der Waals surface area (Å²) in [5.74, 6) is 0. The van der Waals surface area contributed by atoms with E-state index in [2.05, 4.69) is 6.07 Å². The Bertz CT molecular complexity index is 985. The molecular weight excluding hydrogens is 395 g/mol. The Morgan fingerprint density at radius 3 is 2.43 bits per heavy atom. The number of rotatable bonds is 7. The van der Waals surface area contributed by atoms with Crippen molar-refractivity contribution in [2.24, 2.45) is 0 Å². The molecule has 2 aromatic rings. The van der Waals surface area contributed by atoms with Crippen LogP contribution in [0.4, 0.5) is 0 Å². The normalized spacial score (nSPS) is 26.7. The highest BCUT2D eigenvalue weighted by Crippen LogP contribution is 2.64. The molecule has 0 saturated carbocycles. The highest BCUT2D eigenvalue weighted by molar-refractivity contribution is 7.51. The van der Waals surface area contributed by atoms with Gasteiger partial charge >= 0.3 is 7.75 Å². The van der Waals surface area contributed by atoms with Gasteiger partial charge in [-0.25, -0.2) is 9.24 Å². The van der Waals surface area contributed by atoms with Crippen molar-refractivity contribution < 1.29 is 13.6 Å². The van der Waals surface area contributed by atoms with E-state index in [1.807, 2.05) is 79.7 Å². The molecule has 1 unspecified atom stereocenters. The summed E-state index contributed by atoms with van der Waals surface area (Å²) in [5, 5.41) is 9.96. The number of hydrogen-bond donors (Lipinski definition) is 0. The molecule has 0 spiro atoms. The monoisotopic (exact) mass is 422 g/mol. The van der Waals surface area contributed by atoms with E-state index in [0.29, 0.717) is 0 Å². The van der Waals surface area contributed by atoms with Crippen molar-refractivity contribution >= 4 is 13.8 Å². The summed E-state index contributed by atoms with van der Waals surface area (Å²) in [6, 6.07) is 21.5. The number of nitriles is 1. The van der Waals surface area contributed by atoms with Crippen LogP contribution in [0.1, 0.15) is 37.5 Å². The summed E-state index contributed by atoms with van der Waals surface area (Å²) in [5.41, 5.74) is 0.550. The zero-order valence-corrected chi connectivity index (χ0v) is 18.4. The van der Waals surface area contributed by atoms with Crippen LogP contribution in [0.2, 0.25) is 0 Å². The highest BCUT2D eigenvalue weighted by Gasteiger charge is 2.52. The molecule has 3 rings (SSSR count). The van der Waals surface area contributed by atoms with E-state index in [4.69, 9.17) is 9.05 Å². The molecule has 0 amide bonds. The molecule has 5 nitrogen and oxygen atoms in total. The maximum absolute atomic E-state index is 13.7. The van der Waals surface area contributed by atoms with Crippen molar-refractivity contribution in [3.8, 4) is 6.07 Å². The fourth-order valence-corrected chi connectivity index (χ4v) is 5.50. The standard InChI is InChI=1S/C24H27N2O3P/c1-4-17-24(19-25,18-11-14-21-12-7-5-8-13-21)29-30(27)26(3)20(2)23(28-30)22-15-9-6-10-16-22/h4-17,20,23H,18H2,1-3H3/b14-11+,17-4+/t20-,23+,24-,30?/m0/s1. The van der Waals surface area contributed by atoms with Crippen LogP contribution >= 0.6 is 7.75 Å². The third kappa shape index (κ3) is 4.80. The van der Waals surface area contributed by atoms with Crippen LogP contribution in [0, 0.1) is 11.3 Å². The Labute approximate surface area is 178 Å². The molecule has 1 heterocycles. The average molecular weight is 422 g/mol. The van der Waals surface area contributed by atoms with E-state index in [-0.39, 0.29) is 12.5 Å². The summed E-state index contributed by atoms with van der Waals surface area (Å²) in [7, 11) is -1.98. The van der Waals surface area contributed by atoms with Gasteiger partial charge in [0.05, 0.1) is 0 Å². The predicted octanol–water partition coefficient (Wildman–Crippen LogP) is 6.14. The Morgan fingerprint density at radius 2 is 1.83 bits per heavy atom. The molecule has 6 heteroatoms. The van der Waals surface area contributed by atoms with E-state index in [1.165, 1.54) is 0 Å². The molecule has 1 aliphatic rings. The molecule has 30 heavy (non-hydrogen) atoms. The molecule has 2 aromatic carbocycles. The topological polar surface area (TPSA) is 62.6 Å². The molecule has 0 aliphatic carbocycles. The van der Waals surface area contributed by atoms with Gasteiger partial charge in [0.15, 0.2) is 5.60 Å². The van der Waals surface area contributed by atoms with E-state index < -0.39 is 19.5 Å². The van der Waals surface area contributed by atoms with Crippen LogP contribution in [0.25, 0.3) is 6.08 Å². The Balaban J connectivity index is 1.84. The van der Waals surface area contributed by atoms with Gasteiger partial charge in [0.25, 0.3) is 0 Å². The van der Waals surface area contributed by atoms with Crippen molar-refractivity contribution in [2.45, 2.75) is 38.0 Å². The maximum atomic E-state index is 13.7. The molecule has 1 saturated heterocycles. The van der Waals surface area contributed by atoms with Gasteiger partial charge in [-0.3, -0.25) is 9.05 Å². The lowest BCUT2D eigenvalue weighted by molar-refractivity contribution is 0.117. The number of allylic oxidation sites excluding steroid dienone is 1. The first-order valence-electron chi connectivity index (χ1n) is 9.97. The first-order chi connectivity index (χ1) is 14.4. The van der Waals surface area contributed by atoms with Gasteiger partial charge in [-0.15, -0.1) is 0 Å². The number of nitrogens with zero attached hydrogens (tertiary/aromatic N) is 2. The first-order valence-corrected chi connectivity index (χ1v) is 11.5. The molecule has 0 bridgehead atoms. The number of benzene rings is 2. The first kappa shape index (κ1) is 22.2. The second-order valence-corrected chi connectivity index (χ2v) is 9.29. The van der Waals surface area contributed by atoms with Crippen LogP contribution in [-0.2, 0) is 13.6 Å². The van der Waals surface area contributed by atoms with Crippen molar-refractivity contribution in [1.82, 2.24) is 4.67 Å². The molecular formula is C24H27N2O3P. The second-order valence-electron chi connectivity index (χ2n) is 7.33. The molecule has 1 aliphatic heterocycles. The van der Waals surface area contributed by atoms with Gasteiger partial charge in [-0.1, -0.05) is 78.9 Å². The Morgan fingerprint density at radius 1 is 1.20 bits per heavy atom. The van der Waals surface area contributed by atoms with Gasteiger partial charge in [-0.05, 0) is 38.1 Å². The lowest BCUT2D eigenvalue weighted by atomic mass is 10.0. The number of hydrogen-bond acceptors (Lipinski definition) is 4. The lowest BCUT2D eigenvalue weighted by Crippen LogP contribution is -2.30. The van der Waals surface area contributed by atoms with Gasteiger partial charge in [-0.2, -0.15) is 5.26 Å². The maximum Gasteiger partial charge on any atom is 0.410 e. The summed E-state index contributed by atoms with van der Waals surface area (Å²) in [4.78, 5) is 0. The Kier molecular flexibility index (Phi) is 7.07. The SMILES string of the molecule is C/C=C/[C@@](C#N)(C/C=C/c1ccccc1)OP1(=O)O[C@@H](c2ccccc2)[C@H](C)N1C. The van der Waals surface area contributed by atoms with Crippen LogP contribution < -0.4 is 0 Å². The molecule has 0 aromatic heterocycles. The minimum atomic E-state index is -3.69. The minimum absolute atomic E-state index is 0.167. The van der Waals surface area contributed by atoms with Gasteiger partial charge in [0.1, 0.15) is 12.2 Å². The quantitative estimate of drug-likeness (QED) is 0.396. The van der Waals surface area contributed by atoms with Crippen LogP contribution in [0.3, 0.4) is 0 Å². The van der Waals surface area contributed by atoms with Crippen molar-refractivity contribution in [3.05, 3.63) is 90.0 Å². The molecule has 4 atom stereocenters. The summed E-state index contributed by atoms with van der Waals surface area (Å²) in [6.07, 6.45) is 7.00. The number of likely N-dealkylation sites (N-methyl/N-ethyl adjacent to an activating group) is 1. The highest BCUT2D eigenvalue weighted by atomic mass is 31.2. The smallest absolute Gasteiger partial charge is 0.287 e. The molecule has 1 fully saturated rings. The summed E-state index contributed by atoms with van der Waals surface area (Å²) in [6.45, 7) is 3.75. The average Bonchev–Trinajstić information content (AvgIpc) is 2.99. The molecule has 0 radical (unpaired) electrons. The lowest BCUT2D eigenvalue weighted by Gasteiger charge is -2.28. The van der Waals surface area contributed by atoms with E-state index in [0.717, 1.165) is 11.1 Å². The van der Waals surface area contributed by atoms with Gasteiger partial charge < -0.3 is 0 Å². The minimum Gasteiger partial charge on any atom is -0.287 e. The van der Waals surface area contributed by atoms with E-state index in [9.17, 15) is 9.83 Å². The second kappa shape index (κ2) is 9.55. The zero-order valence-electron chi connectivity index (χ0n) is 17.5. The largest absolute Gasteiger partial charge is 0.410 e. The van der Waals surface area contributed by atoms with Gasteiger partial charge in [0, 0.05) is 12.5 Å². The van der Waals surface area contributed by atoms with Crippen molar-refractivity contribution in [1.29, 1.82) is 5.26 Å². The summed E-state index contributed by atoms with van der Waals surface area (Å²) >= 11 is 0. The van der Waals surface area contributed by atoms with Crippen LogP contribution in [0.5, 0.6) is 0 Å². The third-order valence-electron chi connectivity index (χ3n) is 5.22. The zero-order chi connectivity index (χ0) is 21.6. The molecule has 156 valence electrons. The fourth-order valence-electron chi connectivity index (χ4n) is 3.44. The fraction of sp³-hybridized carbons (Fsp3) is 0.292. The van der Waals surface area contributed by atoms with E-state index >= 15 is 0 Å².